The highest BCUT2D eigenvalue weighted by Crippen LogP contribution is 2.10. The van der Waals surface area contributed by atoms with Gasteiger partial charge in [0.25, 0.3) is 0 Å². The van der Waals surface area contributed by atoms with Crippen LogP contribution in [0.3, 0.4) is 0 Å². The highest BCUT2D eigenvalue weighted by atomic mass is 127. The summed E-state index contributed by atoms with van der Waals surface area (Å²) >= 11 is 2.06. The van der Waals surface area contributed by atoms with E-state index in [0.717, 1.165) is 6.07 Å². The van der Waals surface area contributed by atoms with Crippen LogP contribution in [0.5, 0.6) is 0 Å². The maximum atomic E-state index is 12.9. The fourth-order valence-electron chi connectivity index (χ4n) is 0.859. The summed E-state index contributed by atoms with van der Waals surface area (Å²) in [6.45, 7) is 0. The monoisotopic (exact) mass is 280 g/mol. The molecule has 0 saturated heterocycles. The summed E-state index contributed by atoms with van der Waals surface area (Å²) in [6, 6.07) is 3.62. The van der Waals surface area contributed by atoms with E-state index >= 15 is 0 Å². The summed E-state index contributed by atoms with van der Waals surface area (Å²) in [4.78, 5) is 0. The number of halogens is 3. The van der Waals surface area contributed by atoms with Gasteiger partial charge in [-0.15, -0.1) is 0 Å². The van der Waals surface area contributed by atoms with Gasteiger partial charge < -0.3 is 0 Å². The summed E-state index contributed by atoms with van der Waals surface area (Å²) in [5.74, 6) is -1.01. The lowest BCUT2D eigenvalue weighted by Crippen LogP contribution is -1.88. The second-order valence-corrected chi connectivity index (χ2v) is 3.02. The van der Waals surface area contributed by atoms with Crippen LogP contribution in [-0.2, 0) is 6.42 Å². The smallest absolute Gasteiger partial charge is 0.129 e. The highest BCUT2D eigenvalue weighted by Gasteiger charge is 2.00. The number of hydrogen-bond donors (Lipinski definition) is 0. The minimum Gasteiger partial charge on any atom is -0.207 e. The molecule has 0 aromatic heterocycles. The van der Waals surface area contributed by atoms with Gasteiger partial charge in [0.05, 0.1) is 0 Å². The largest absolute Gasteiger partial charge is 0.207 e. The minimum absolute atomic E-state index is 0.482. The molecule has 0 nitrogen and oxygen atoms in total. The average Bonchev–Trinajstić information content (AvgIpc) is 2.03. The maximum Gasteiger partial charge on any atom is 0.129 e. The molecule has 0 aliphatic carbocycles. The Labute approximate surface area is 83.4 Å². The van der Waals surface area contributed by atoms with Crippen LogP contribution in [-0.4, -0.2) is 0 Å². The van der Waals surface area contributed by atoms with E-state index in [4.69, 9.17) is 0 Å². The van der Waals surface area contributed by atoms with Crippen molar-refractivity contribution < 1.29 is 8.78 Å². The zero-order chi connectivity index (χ0) is 8.97. The fraction of sp³-hybridized carbons (Fsp3) is 0.111. The quantitative estimate of drug-likeness (QED) is 0.728. The van der Waals surface area contributed by atoms with Gasteiger partial charge in [0, 0.05) is 6.07 Å². The predicted molar refractivity (Wildman–Crippen MR) is 53.2 cm³/mol. The van der Waals surface area contributed by atoms with E-state index in [2.05, 4.69) is 22.6 Å². The van der Waals surface area contributed by atoms with Gasteiger partial charge in [-0.25, -0.2) is 8.78 Å². The molecule has 0 saturated carbocycles. The summed E-state index contributed by atoms with van der Waals surface area (Å²) in [6.07, 6.45) is 2.33. The Morgan fingerprint density at radius 3 is 2.67 bits per heavy atom. The molecular formula is C9H7F2I. The van der Waals surface area contributed by atoms with Crippen LogP contribution < -0.4 is 0 Å². The number of allylic oxidation sites excluding steroid dienone is 1. The second-order valence-electron chi connectivity index (χ2n) is 2.30. The van der Waals surface area contributed by atoms with Crippen molar-refractivity contribution in [1.29, 1.82) is 0 Å². The molecule has 0 unspecified atom stereocenters. The van der Waals surface area contributed by atoms with Gasteiger partial charge in [-0.3, -0.25) is 0 Å². The van der Waals surface area contributed by atoms with Crippen molar-refractivity contribution in [2.75, 3.05) is 0 Å². The lowest BCUT2D eigenvalue weighted by atomic mass is 10.1. The Morgan fingerprint density at radius 2 is 2.08 bits per heavy atom. The van der Waals surface area contributed by atoms with Gasteiger partial charge in [0.2, 0.25) is 0 Å². The summed E-state index contributed by atoms with van der Waals surface area (Å²) in [5, 5.41) is 0. The Kier molecular flexibility index (Phi) is 3.65. The van der Waals surface area contributed by atoms with Crippen LogP contribution in [0.2, 0.25) is 0 Å². The van der Waals surface area contributed by atoms with Crippen molar-refractivity contribution >= 4 is 22.6 Å². The zero-order valence-electron chi connectivity index (χ0n) is 6.23. The Morgan fingerprint density at radius 1 is 1.33 bits per heavy atom. The van der Waals surface area contributed by atoms with Crippen molar-refractivity contribution in [3.05, 3.63) is 45.6 Å². The van der Waals surface area contributed by atoms with Gasteiger partial charge in [-0.1, -0.05) is 34.7 Å². The van der Waals surface area contributed by atoms with E-state index in [1.54, 1.807) is 4.08 Å². The average molecular weight is 280 g/mol. The number of hydrogen-bond acceptors (Lipinski definition) is 0. The van der Waals surface area contributed by atoms with Gasteiger partial charge in [-0.2, -0.15) is 0 Å². The normalized spacial score (nSPS) is 10.9. The summed E-state index contributed by atoms with van der Waals surface area (Å²) in [7, 11) is 0. The molecule has 0 spiro atoms. The van der Waals surface area contributed by atoms with E-state index in [0.29, 0.717) is 12.0 Å². The summed E-state index contributed by atoms with van der Waals surface area (Å²) < 4.78 is 27.1. The van der Waals surface area contributed by atoms with Gasteiger partial charge >= 0.3 is 0 Å². The van der Waals surface area contributed by atoms with E-state index in [-0.39, 0.29) is 0 Å². The molecule has 0 radical (unpaired) electrons. The molecule has 12 heavy (non-hydrogen) atoms. The van der Waals surface area contributed by atoms with Gasteiger partial charge in [0.1, 0.15) is 11.6 Å². The Hall–Kier alpha value is -0.450. The topological polar surface area (TPSA) is 0 Å². The molecule has 0 N–H and O–H groups in total. The van der Waals surface area contributed by atoms with E-state index in [1.807, 2.05) is 6.08 Å². The van der Waals surface area contributed by atoms with Gasteiger partial charge in [0.15, 0.2) is 0 Å². The van der Waals surface area contributed by atoms with Crippen LogP contribution in [0.4, 0.5) is 8.78 Å². The third-order valence-corrected chi connectivity index (χ3v) is 1.95. The first-order chi connectivity index (χ1) is 5.74. The third-order valence-electron chi connectivity index (χ3n) is 1.44. The lowest BCUT2D eigenvalue weighted by Gasteiger charge is -1.97. The first-order valence-corrected chi connectivity index (χ1v) is 4.67. The lowest BCUT2D eigenvalue weighted by molar-refractivity contribution is 0.575. The molecule has 0 aliphatic rings. The summed E-state index contributed by atoms with van der Waals surface area (Å²) in [5.41, 5.74) is 0.518. The fourth-order valence-corrected chi connectivity index (χ4v) is 1.11. The van der Waals surface area contributed by atoms with Crippen LogP contribution in [0.1, 0.15) is 5.56 Å². The van der Waals surface area contributed by atoms with Crippen LogP contribution in [0, 0.1) is 11.6 Å². The van der Waals surface area contributed by atoms with Crippen molar-refractivity contribution in [2.45, 2.75) is 6.42 Å². The van der Waals surface area contributed by atoms with E-state index in [9.17, 15) is 8.78 Å². The van der Waals surface area contributed by atoms with Crippen molar-refractivity contribution in [3.8, 4) is 0 Å². The molecule has 0 amide bonds. The number of benzene rings is 1. The molecular weight excluding hydrogens is 273 g/mol. The molecule has 1 aromatic carbocycles. The molecule has 0 atom stereocenters. The molecule has 0 bridgehead atoms. The third kappa shape index (κ3) is 2.55. The molecule has 0 fully saturated rings. The second kappa shape index (κ2) is 4.54. The van der Waals surface area contributed by atoms with Crippen molar-refractivity contribution in [3.63, 3.8) is 0 Å². The predicted octanol–water partition coefficient (Wildman–Crippen LogP) is 3.46. The molecule has 0 aliphatic heterocycles. The SMILES string of the molecule is Fc1ccc(CC=CI)c(F)c1. The first-order valence-electron chi connectivity index (χ1n) is 3.43. The molecule has 0 heterocycles. The van der Waals surface area contributed by atoms with Gasteiger partial charge in [-0.05, 0) is 22.1 Å². The highest BCUT2D eigenvalue weighted by molar-refractivity contribution is 14.1. The van der Waals surface area contributed by atoms with Crippen molar-refractivity contribution in [1.82, 2.24) is 0 Å². The Bertz CT molecular complexity index is 295. The minimum atomic E-state index is -0.533. The molecule has 64 valence electrons. The molecule has 1 aromatic rings. The van der Waals surface area contributed by atoms with Crippen LogP contribution in [0.15, 0.2) is 28.4 Å². The molecule has 3 heteroatoms. The van der Waals surface area contributed by atoms with E-state index < -0.39 is 11.6 Å². The number of rotatable bonds is 2. The van der Waals surface area contributed by atoms with Crippen molar-refractivity contribution in [2.24, 2.45) is 0 Å². The first kappa shape index (κ1) is 9.64. The Balaban J connectivity index is 2.86. The standard InChI is InChI=1S/C9H7F2I/c10-8-4-3-7(2-1-5-12)9(11)6-8/h1,3-6H,2H2. The van der Waals surface area contributed by atoms with Crippen LogP contribution >= 0.6 is 22.6 Å². The zero-order valence-corrected chi connectivity index (χ0v) is 8.39. The maximum absolute atomic E-state index is 12.9. The van der Waals surface area contributed by atoms with Crippen LogP contribution in [0.25, 0.3) is 0 Å². The molecule has 1 rings (SSSR count). The van der Waals surface area contributed by atoms with E-state index in [1.165, 1.54) is 12.1 Å².